The molecule has 32 heavy (non-hydrogen) atoms. The smallest absolute Gasteiger partial charge is 0.305 e. The van der Waals surface area contributed by atoms with Crippen molar-refractivity contribution in [1.82, 2.24) is 9.97 Å². The van der Waals surface area contributed by atoms with Crippen LogP contribution in [-0.2, 0) is 11.2 Å². The fourth-order valence-electron chi connectivity index (χ4n) is 3.56. The lowest BCUT2D eigenvalue weighted by Crippen LogP contribution is -2.29. The predicted octanol–water partition coefficient (Wildman–Crippen LogP) is 6.35. The van der Waals surface area contributed by atoms with Crippen molar-refractivity contribution >= 4 is 54.5 Å². The summed E-state index contributed by atoms with van der Waals surface area (Å²) in [5, 5.41) is 10.2. The van der Waals surface area contributed by atoms with Gasteiger partial charge >= 0.3 is 5.97 Å². The zero-order chi connectivity index (χ0) is 22.5. The number of anilines is 1. The molecule has 0 atom stereocenters. The highest BCUT2D eigenvalue weighted by Gasteiger charge is 2.18. The van der Waals surface area contributed by atoms with E-state index in [9.17, 15) is 9.90 Å². The lowest BCUT2D eigenvalue weighted by Gasteiger charge is -2.25. The van der Waals surface area contributed by atoms with Crippen LogP contribution in [0.3, 0.4) is 0 Å². The highest BCUT2D eigenvalue weighted by molar-refractivity contribution is 9.11. The first-order chi connectivity index (χ1) is 15.5. The molecule has 1 heterocycles. The SMILES string of the molecule is O=C(O)CCN(CCc1ccccc1)c1nc(-c2cccc(Br)c2)nc2c(Br)cccc12. The number of hydrogen-bond donors (Lipinski definition) is 1. The van der Waals surface area contributed by atoms with Crippen LogP contribution in [0.2, 0.25) is 0 Å². The highest BCUT2D eigenvalue weighted by atomic mass is 79.9. The summed E-state index contributed by atoms with van der Waals surface area (Å²) in [5.74, 6) is 0.505. The normalized spacial score (nSPS) is 10.9. The first kappa shape index (κ1) is 22.4. The van der Waals surface area contributed by atoms with E-state index in [-0.39, 0.29) is 6.42 Å². The number of benzene rings is 3. The molecule has 0 amide bonds. The van der Waals surface area contributed by atoms with Gasteiger partial charge in [0.15, 0.2) is 5.82 Å². The van der Waals surface area contributed by atoms with E-state index in [1.807, 2.05) is 60.7 Å². The van der Waals surface area contributed by atoms with E-state index in [2.05, 4.69) is 48.9 Å². The van der Waals surface area contributed by atoms with E-state index in [1.165, 1.54) is 5.56 Å². The maximum atomic E-state index is 11.4. The van der Waals surface area contributed by atoms with Crippen LogP contribution in [-0.4, -0.2) is 34.1 Å². The number of halogens is 2. The van der Waals surface area contributed by atoms with Gasteiger partial charge in [0.2, 0.25) is 0 Å². The third-order valence-electron chi connectivity index (χ3n) is 5.15. The van der Waals surface area contributed by atoms with Crippen molar-refractivity contribution in [2.75, 3.05) is 18.0 Å². The number of hydrogen-bond acceptors (Lipinski definition) is 4. The van der Waals surface area contributed by atoms with Crippen molar-refractivity contribution in [2.45, 2.75) is 12.8 Å². The molecule has 4 aromatic rings. The molecule has 5 nitrogen and oxygen atoms in total. The molecular weight excluding hydrogens is 534 g/mol. The number of rotatable bonds is 8. The monoisotopic (exact) mass is 553 g/mol. The topological polar surface area (TPSA) is 66.3 Å². The van der Waals surface area contributed by atoms with E-state index in [4.69, 9.17) is 9.97 Å². The van der Waals surface area contributed by atoms with E-state index >= 15 is 0 Å². The second-order valence-electron chi connectivity index (χ2n) is 7.38. The Bertz CT molecular complexity index is 1250. The Morgan fingerprint density at radius 3 is 2.44 bits per heavy atom. The highest BCUT2D eigenvalue weighted by Crippen LogP contribution is 2.32. The molecule has 0 saturated heterocycles. The molecule has 162 valence electrons. The predicted molar refractivity (Wildman–Crippen MR) is 135 cm³/mol. The fourth-order valence-corrected chi connectivity index (χ4v) is 4.42. The van der Waals surface area contributed by atoms with Gasteiger partial charge in [-0.25, -0.2) is 9.97 Å². The number of aromatic nitrogens is 2. The molecule has 0 aliphatic carbocycles. The Kier molecular flexibility index (Phi) is 7.17. The van der Waals surface area contributed by atoms with Gasteiger partial charge in [0.25, 0.3) is 0 Å². The maximum absolute atomic E-state index is 11.4. The van der Waals surface area contributed by atoms with Crippen molar-refractivity contribution in [3.63, 3.8) is 0 Å². The molecule has 0 radical (unpaired) electrons. The van der Waals surface area contributed by atoms with E-state index in [0.29, 0.717) is 18.9 Å². The van der Waals surface area contributed by atoms with Crippen molar-refractivity contribution in [3.8, 4) is 11.4 Å². The molecular formula is C25H21Br2N3O2. The first-order valence-electron chi connectivity index (χ1n) is 10.2. The van der Waals surface area contributed by atoms with E-state index < -0.39 is 5.97 Å². The third-order valence-corrected chi connectivity index (χ3v) is 6.28. The van der Waals surface area contributed by atoms with Gasteiger partial charge in [-0.15, -0.1) is 0 Å². The van der Waals surface area contributed by atoms with Crippen LogP contribution in [0.1, 0.15) is 12.0 Å². The maximum Gasteiger partial charge on any atom is 0.305 e. The molecule has 1 aromatic heterocycles. The van der Waals surface area contributed by atoms with E-state index in [0.717, 1.165) is 37.7 Å². The quantitative estimate of drug-likeness (QED) is 0.275. The summed E-state index contributed by atoms with van der Waals surface area (Å²) in [6.45, 7) is 1.01. The minimum absolute atomic E-state index is 0.0283. The Balaban J connectivity index is 1.81. The summed E-state index contributed by atoms with van der Waals surface area (Å²) < 4.78 is 1.82. The van der Waals surface area contributed by atoms with Crippen molar-refractivity contribution < 1.29 is 9.90 Å². The largest absolute Gasteiger partial charge is 0.481 e. The van der Waals surface area contributed by atoms with Crippen molar-refractivity contribution in [2.24, 2.45) is 0 Å². The zero-order valence-electron chi connectivity index (χ0n) is 17.2. The van der Waals surface area contributed by atoms with Gasteiger partial charge in [-0.05, 0) is 52.2 Å². The second-order valence-corrected chi connectivity index (χ2v) is 9.15. The van der Waals surface area contributed by atoms with Crippen molar-refractivity contribution in [1.29, 1.82) is 0 Å². The lowest BCUT2D eigenvalue weighted by atomic mass is 10.1. The van der Waals surface area contributed by atoms with Gasteiger partial charge in [0.1, 0.15) is 5.82 Å². The summed E-state index contributed by atoms with van der Waals surface area (Å²) in [6.07, 6.45) is 0.812. The number of fused-ring (bicyclic) bond motifs is 1. The Hall–Kier alpha value is -2.77. The number of aliphatic carboxylic acids is 1. The number of carbonyl (C=O) groups is 1. The summed E-state index contributed by atoms with van der Waals surface area (Å²) >= 11 is 7.15. The summed E-state index contributed by atoms with van der Waals surface area (Å²) in [7, 11) is 0. The number of carboxylic acids is 1. The fraction of sp³-hybridized carbons (Fsp3) is 0.160. The lowest BCUT2D eigenvalue weighted by molar-refractivity contribution is -0.136. The Morgan fingerprint density at radius 1 is 0.906 bits per heavy atom. The second kappa shape index (κ2) is 10.2. The number of nitrogens with zero attached hydrogens (tertiary/aromatic N) is 3. The minimum atomic E-state index is -0.832. The average molecular weight is 555 g/mol. The van der Waals surface area contributed by atoms with Crippen LogP contribution in [0.5, 0.6) is 0 Å². The summed E-state index contributed by atoms with van der Waals surface area (Å²) in [6, 6.07) is 23.9. The Labute approximate surface area is 203 Å². The van der Waals surface area contributed by atoms with Gasteiger partial charge in [0, 0.05) is 33.0 Å². The zero-order valence-corrected chi connectivity index (χ0v) is 20.4. The summed E-state index contributed by atoms with van der Waals surface area (Å²) in [4.78, 5) is 23.2. The van der Waals surface area contributed by atoms with Gasteiger partial charge in [-0.2, -0.15) is 0 Å². The molecule has 7 heteroatoms. The molecule has 0 aliphatic heterocycles. The average Bonchev–Trinajstić information content (AvgIpc) is 2.79. The third kappa shape index (κ3) is 5.34. The molecule has 0 aliphatic rings. The van der Waals surface area contributed by atoms with Crippen LogP contribution in [0, 0.1) is 0 Å². The first-order valence-corrected chi connectivity index (χ1v) is 11.8. The van der Waals surface area contributed by atoms with Gasteiger partial charge in [-0.3, -0.25) is 4.79 Å². The summed E-state index contributed by atoms with van der Waals surface area (Å²) in [5.41, 5.74) is 2.88. The molecule has 3 aromatic carbocycles. The minimum Gasteiger partial charge on any atom is -0.481 e. The number of carboxylic acid groups (broad SMARTS) is 1. The molecule has 0 spiro atoms. The molecule has 0 unspecified atom stereocenters. The van der Waals surface area contributed by atoms with Gasteiger partial charge in [0.05, 0.1) is 11.9 Å². The molecule has 4 rings (SSSR count). The van der Waals surface area contributed by atoms with Gasteiger partial charge in [-0.1, -0.05) is 64.5 Å². The Morgan fingerprint density at radius 2 is 1.69 bits per heavy atom. The molecule has 0 bridgehead atoms. The molecule has 0 saturated carbocycles. The van der Waals surface area contributed by atoms with Crippen molar-refractivity contribution in [3.05, 3.63) is 87.3 Å². The van der Waals surface area contributed by atoms with Crippen LogP contribution in [0.4, 0.5) is 5.82 Å². The number of para-hydroxylation sites is 1. The van der Waals surface area contributed by atoms with Crippen LogP contribution < -0.4 is 4.90 Å². The standard InChI is InChI=1S/C25H21Br2N3O2/c26-19-9-4-8-18(16-19)24-28-23-20(10-5-11-21(23)27)25(29-24)30(15-13-22(31)32)14-12-17-6-2-1-3-7-17/h1-11,16H,12-15H2,(H,31,32). The van der Waals surface area contributed by atoms with Crippen LogP contribution in [0.25, 0.3) is 22.3 Å². The molecule has 0 fully saturated rings. The van der Waals surface area contributed by atoms with E-state index in [1.54, 1.807) is 0 Å². The van der Waals surface area contributed by atoms with Gasteiger partial charge < -0.3 is 10.0 Å². The van der Waals surface area contributed by atoms with Crippen LogP contribution >= 0.6 is 31.9 Å². The molecule has 1 N–H and O–H groups in total. The van der Waals surface area contributed by atoms with Crippen LogP contribution in [0.15, 0.2) is 81.7 Å².